The number of anilines is 1. The molecule has 0 radical (unpaired) electrons. The highest BCUT2D eigenvalue weighted by Gasteiger charge is 1.99. The van der Waals surface area contributed by atoms with Crippen LogP contribution in [0.4, 0.5) is 5.69 Å². The van der Waals surface area contributed by atoms with Crippen molar-refractivity contribution in [3.8, 4) is 0 Å². The van der Waals surface area contributed by atoms with Crippen LogP contribution in [0.25, 0.3) is 0 Å². The number of hydrogen-bond acceptors (Lipinski definition) is 2. The van der Waals surface area contributed by atoms with Gasteiger partial charge in [-0.1, -0.05) is 35.0 Å². The SMILES string of the molecule is CCc1ccc(NN)c(CBr)c1. The van der Waals surface area contributed by atoms with E-state index in [4.69, 9.17) is 5.84 Å². The maximum absolute atomic E-state index is 5.35. The lowest BCUT2D eigenvalue weighted by Gasteiger charge is -2.07. The van der Waals surface area contributed by atoms with Crippen molar-refractivity contribution < 1.29 is 0 Å². The van der Waals surface area contributed by atoms with Gasteiger partial charge in [-0.3, -0.25) is 5.84 Å². The lowest BCUT2D eigenvalue weighted by atomic mass is 10.1. The minimum Gasteiger partial charge on any atom is -0.324 e. The van der Waals surface area contributed by atoms with Gasteiger partial charge >= 0.3 is 0 Å². The Morgan fingerprint density at radius 1 is 1.50 bits per heavy atom. The Labute approximate surface area is 81.3 Å². The average molecular weight is 229 g/mol. The molecule has 0 fully saturated rings. The van der Waals surface area contributed by atoms with Crippen molar-refractivity contribution in [1.29, 1.82) is 0 Å². The number of nitrogens with two attached hydrogens (primary N) is 1. The Hall–Kier alpha value is -0.540. The fraction of sp³-hybridized carbons (Fsp3) is 0.333. The summed E-state index contributed by atoms with van der Waals surface area (Å²) >= 11 is 3.42. The topological polar surface area (TPSA) is 38.0 Å². The monoisotopic (exact) mass is 228 g/mol. The second-order valence-electron chi connectivity index (χ2n) is 2.62. The lowest BCUT2D eigenvalue weighted by molar-refractivity contribution is 1.13. The zero-order valence-electron chi connectivity index (χ0n) is 7.10. The van der Waals surface area contributed by atoms with Crippen LogP contribution in [0.2, 0.25) is 0 Å². The average Bonchev–Trinajstić information content (AvgIpc) is 2.16. The fourth-order valence-electron chi connectivity index (χ4n) is 1.12. The fourth-order valence-corrected chi connectivity index (χ4v) is 1.58. The largest absolute Gasteiger partial charge is 0.324 e. The summed E-state index contributed by atoms with van der Waals surface area (Å²) in [5, 5.41) is 0.834. The van der Waals surface area contributed by atoms with E-state index in [-0.39, 0.29) is 0 Å². The summed E-state index contributed by atoms with van der Waals surface area (Å²) in [6.07, 6.45) is 1.06. The van der Waals surface area contributed by atoms with Gasteiger partial charge in [-0.25, -0.2) is 0 Å². The molecule has 3 heteroatoms. The van der Waals surface area contributed by atoms with Gasteiger partial charge in [0.25, 0.3) is 0 Å². The molecular formula is C9H13BrN2. The molecule has 2 nitrogen and oxygen atoms in total. The number of hydrogen-bond donors (Lipinski definition) is 2. The Kier molecular flexibility index (Phi) is 3.56. The van der Waals surface area contributed by atoms with Gasteiger partial charge in [-0.05, 0) is 23.6 Å². The van der Waals surface area contributed by atoms with Crippen molar-refractivity contribution in [3.05, 3.63) is 29.3 Å². The molecule has 0 heterocycles. The van der Waals surface area contributed by atoms with Crippen LogP contribution in [0, 0.1) is 0 Å². The normalized spacial score (nSPS) is 9.92. The van der Waals surface area contributed by atoms with E-state index in [0.29, 0.717) is 0 Å². The molecule has 0 aliphatic heterocycles. The van der Waals surface area contributed by atoms with E-state index in [0.717, 1.165) is 17.4 Å². The molecule has 0 saturated carbocycles. The van der Waals surface area contributed by atoms with E-state index in [1.54, 1.807) is 0 Å². The van der Waals surface area contributed by atoms with Crippen LogP contribution in [0.15, 0.2) is 18.2 Å². The van der Waals surface area contributed by atoms with Gasteiger partial charge in [0, 0.05) is 5.33 Å². The third kappa shape index (κ3) is 1.99. The highest BCUT2D eigenvalue weighted by molar-refractivity contribution is 9.08. The number of rotatable bonds is 3. The quantitative estimate of drug-likeness (QED) is 0.474. The molecule has 0 atom stereocenters. The molecule has 0 unspecified atom stereocenters. The molecule has 0 amide bonds. The third-order valence-electron chi connectivity index (χ3n) is 1.88. The maximum atomic E-state index is 5.35. The molecule has 0 bridgehead atoms. The minimum atomic E-state index is 0.834. The summed E-state index contributed by atoms with van der Waals surface area (Å²) in [5.41, 5.74) is 6.20. The van der Waals surface area contributed by atoms with Crippen LogP contribution in [0.5, 0.6) is 0 Å². The molecule has 0 spiro atoms. The molecule has 3 N–H and O–H groups in total. The molecule has 1 aromatic rings. The van der Waals surface area contributed by atoms with E-state index >= 15 is 0 Å². The third-order valence-corrected chi connectivity index (χ3v) is 2.48. The van der Waals surface area contributed by atoms with E-state index in [2.05, 4.69) is 40.4 Å². The first-order chi connectivity index (χ1) is 5.81. The van der Waals surface area contributed by atoms with Crippen LogP contribution in [-0.2, 0) is 11.8 Å². The van der Waals surface area contributed by atoms with Crippen molar-refractivity contribution in [3.63, 3.8) is 0 Å². The number of halogens is 1. The molecule has 0 aliphatic carbocycles. The predicted octanol–water partition coefficient (Wildman–Crippen LogP) is 2.43. The lowest BCUT2D eigenvalue weighted by Crippen LogP contribution is -2.08. The second kappa shape index (κ2) is 4.48. The summed E-state index contributed by atoms with van der Waals surface area (Å²) < 4.78 is 0. The van der Waals surface area contributed by atoms with E-state index in [1.807, 2.05) is 6.07 Å². The van der Waals surface area contributed by atoms with Gasteiger partial charge in [0.2, 0.25) is 0 Å². The number of nitrogens with one attached hydrogen (secondary N) is 1. The van der Waals surface area contributed by atoms with Crippen molar-refractivity contribution in [2.45, 2.75) is 18.7 Å². The highest BCUT2D eigenvalue weighted by atomic mass is 79.9. The van der Waals surface area contributed by atoms with Crippen molar-refractivity contribution in [2.75, 3.05) is 5.43 Å². The van der Waals surface area contributed by atoms with Gasteiger partial charge in [-0.15, -0.1) is 0 Å². The number of nitrogen functional groups attached to an aromatic ring is 1. The number of benzene rings is 1. The Bertz CT molecular complexity index is 261. The smallest absolute Gasteiger partial charge is 0.0525 e. The molecule has 1 aromatic carbocycles. The first-order valence-corrected chi connectivity index (χ1v) is 5.08. The molecule has 12 heavy (non-hydrogen) atoms. The summed E-state index contributed by atoms with van der Waals surface area (Å²) in [6, 6.07) is 6.25. The molecular weight excluding hydrogens is 216 g/mol. The summed E-state index contributed by atoms with van der Waals surface area (Å²) in [5.74, 6) is 5.35. The summed E-state index contributed by atoms with van der Waals surface area (Å²) in [4.78, 5) is 0. The molecule has 0 aliphatic rings. The van der Waals surface area contributed by atoms with E-state index in [9.17, 15) is 0 Å². The number of aryl methyl sites for hydroxylation is 1. The molecule has 66 valence electrons. The van der Waals surface area contributed by atoms with Gasteiger partial charge in [0.05, 0.1) is 5.69 Å². The van der Waals surface area contributed by atoms with Gasteiger partial charge in [0.1, 0.15) is 0 Å². The number of hydrazine groups is 1. The summed E-state index contributed by atoms with van der Waals surface area (Å²) in [7, 11) is 0. The first-order valence-electron chi connectivity index (χ1n) is 3.96. The maximum Gasteiger partial charge on any atom is 0.0525 e. The first kappa shape index (κ1) is 9.55. The van der Waals surface area contributed by atoms with Crippen LogP contribution < -0.4 is 11.3 Å². The van der Waals surface area contributed by atoms with Gasteiger partial charge < -0.3 is 5.43 Å². The van der Waals surface area contributed by atoms with Crippen molar-refractivity contribution in [2.24, 2.45) is 5.84 Å². The van der Waals surface area contributed by atoms with Crippen LogP contribution in [0.3, 0.4) is 0 Å². The molecule has 1 rings (SSSR count). The molecule has 0 saturated heterocycles. The Morgan fingerprint density at radius 2 is 2.25 bits per heavy atom. The minimum absolute atomic E-state index is 0.834. The van der Waals surface area contributed by atoms with Crippen LogP contribution in [0.1, 0.15) is 18.1 Å². The molecule has 0 aromatic heterocycles. The highest BCUT2D eigenvalue weighted by Crippen LogP contribution is 2.19. The predicted molar refractivity (Wildman–Crippen MR) is 56.3 cm³/mol. The Morgan fingerprint density at radius 3 is 2.75 bits per heavy atom. The zero-order valence-corrected chi connectivity index (χ0v) is 8.69. The van der Waals surface area contributed by atoms with Crippen LogP contribution >= 0.6 is 15.9 Å². The Balaban J connectivity index is 3.02. The van der Waals surface area contributed by atoms with Crippen molar-refractivity contribution in [1.82, 2.24) is 0 Å². The standard InChI is InChI=1S/C9H13BrN2/c1-2-7-3-4-9(12-11)8(5-7)6-10/h3-5,12H,2,6,11H2,1H3. The zero-order chi connectivity index (χ0) is 8.97. The van der Waals surface area contributed by atoms with E-state index in [1.165, 1.54) is 11.1 Å². The van der Waals surface area contributed by atoms with Crippen LogP contribution in [-0.4, -0.2) is 0 Å². The van der Waals surface area contributed by atoms with Gasteiger partial charge in [-0.2, -0.15) is 0 Å². The second-order valence-corrected chi connectivity index (χ2v) is 3.18. The van der Waals surface area contributed by atoms with E-state index < -0.39 is 0 Å². The summed E-state index contributed by atoms with van der Waals surface area (Å²) in [6.45, 7) is 2.14. The van der Waals surface area contributed by atoms with Gasteiger partial charge in [0.15, 0.2) is 0 Å². The number of alkyl halides is 1. The van der Waals surface area contributed by atoms with Crippen molar-refractivity contribution >= 4 is 21.6 Å².